The van der Waals surface area contributed by atoms with E-state index in [2.05, 4.69) is 4.98 Å². The molecule has 0 spiro atoms. The van der Waals surface area contributed by atoms with Gasteiger partial charge in [-0.25, -0.2) is 4.98 Å². The number of hydrogen-bond acceptors (Lipinski definition) is 4. The second-order valence-corrected chi connectivity index (χ2v) is 4.04. The lowest BCUT2D eigenvalue weighted by Gasteiger charge is -2.24. The second-order valence-electron chi connectivity index (χ2n) is 4.04. The number of carbonyl (C=O) groups is 2. The van der Waals surface area contributed by atoms with Crippen LogP contribution in [0.5, 0.6) is 0 Å². The Morgan fingerprint density at radius 2 is 2.22 bits per heavy atom. The first kappa shape index (κ1) is 14.0. The minimum atomic E-state index is -0.862. The fourth-order valence-electron chi connectivity index (χ4n) is 1.54. The van der Waals surface area contributed by atoms with E-state index in [0.717, 1.165) is 0 Å². The molecule has 1 rings (SSSR count). The summed E-state index contributed by atoms with van der Waals surface area (Å²) in [5, 5.41) is 8.89. The van der Waals surface area contributed by atoms with Crippen LogP contribution < -0.4 is 10.6 Å². The summed E-state index contributed by atoms with van der Waals surface area (Å²) in [6.07, 6.45) is 1.49. The lowest BCUT2D eigenvalue weighted by molar-refractivity contribution is -0.140. The number of primary amides is 1. The third kappa shape index (κ3) is 3.44. The molecule has 0 radical (unpaired) electrons. The highest BCUT2D eigenvalue weighted by molar-refractivity contribution is 5.93. The molecule has 1 aromatic heterocycles. The number of hydrogen-bond donors (Lipinski definition) is 2. The van der Waals surface area contributed by atoms with Gasteiger partial charge in [0, 0.05) is 24.8 Å². The number of carbonyl (C=O) groups excluding carboxylic acids is 1. The Hall–Kier alpha value is -2.11. The molecule has 6 nitrogen and oxygen atoms in total. The number of nitrogens with two attached hydrogens (primary N) is 1. The van der Waals surface area contributed by atoms with Crippen LogP contribution in [0.3, 0.4) is 0 Å². The summed E-state index contributed by atoms with van der Waals surface area (Å²) < 4.78 is 0. The van der Waals surface area contributed by atoms with E-state index < -0.39 is 17.8 Å². The zero-order chi connectivity index (χ0) is 13.7. The number of rotatable bonds is 6. The zero-order valence-corrected chi connectivity index (χ0v) is 10.5. The van der Waals surface area contributed by atoms with Gasteiger partial charge in [0.15, 0.2) is 0 Å². The molecule has 0 saturated heterocycles. The quantitative estimate of drug-likeness (QED) is 0.776. The third-order valence-electron chi connectivity index (χ3n) is 2.65. The van der Waals surface area contributed by atoms with Crippen molar-refractivity contribution in [1.82, 2.24) is 4.98 Å². The van der Waals surface area contributed by atoms with E-state index in [1.165, 1.54) is 12.3 Å². The van der Waals surface area contributed by atoms with Crippen LogP contribution in [0.2, 0.25) is 0 Å². The summed E-state index contributed by atoms with van der Waals surface area (Å²) in [6, 6.07) is 3.10. The molecule has 0 aliphatic heterocycles. The van der Waals surface area contributed by atoms with Gasteiger partial charge >= 0.3 is 5.97 Å². The maximum absolute atomic E-state index is 11.1. The standard InChI is InChI=1S/C12H17N3O3/c1-3-15(7-8(2)12(17)18)10-6-9(11(13)16)4-5-14-10/h4-6,8H,3,7H2,1-2H3,(H2,13,16)(H,17,18). The number of amides is 1. The first-order valence-corrected chi connectivity index (χ1v) is 5.69. The number of aliphatic carboxylic acids is 1. The molecule has 1 heterocycles. The van der Waals surface area contributed by atoms with Crippen LogP contribution >= 0.6 is 0 Å². The predicted octanol–water partition coefficient (Wildman–Crippen LogP) is 0.727. The van der Waals surface area contributed by atoms with E-state index in [1.807, 2.05) is 6.92 Å². The molecule has 6 heteroatoms. The van der Waals surface area contributed by atoms with E-state index in [4.69, 9.17) is 10.8 Å². The van der Waals surface area contributed by atoms with Crippen LogP contribution in [0.15, 0.2) is 18.3 Å². The average molecular weight is 251 g/mol. The lowest BCUT2D eigenvalue weighted by atomic mass is 10.1. The molecule has 0 fully saturated rings. The predicted molar refractivity (Wildman–Crippen MR) is 67.4 cm³/mol. The Morgan fingerprint density at radius 1 is 1.56 bits per heavy atom. The molecule has 1 atom stereocenters. The van der Waals surface area contributed by atoms with Crippen LogP contribution in [0.4, 0.5) is 5.82 Å². The smallest absolute Gasteiger partial charge is 0.308 e. The first-order valence-electron chi connectivity index (χ1n) is 5.69. The number of carboxylic acid groups (broad SMARTS) is 1. The van der Waals surface area contributed by atoms with Gasteiger partial charge in [0.05, 0.1) is 5.92 Å². The highest BCUT2D eigenvalue weighted by Crippen LogP contribution is 2.14. The number of anilines is 1. The summed E-state index contributed by atoms with van der Waals surface area (Å²) in [5.41, 5.74) is 5.56. The zero-order valence-electron chi connectivity index (χ0n) is 10.5. The minimum Gasteiger partial charge on any atom is -0.481 e. The fraction of sp³-hybridized carbons (Fsp3) is 0.417. The topological polar surface area (TPSA) is 96.5 Å². The minimum absolute atomic E-state index is 0.334. The number of pyridine rings is 1. The molecule has 0 aliphatic rings. The first-order chi connectivity index (χ1) is 8.45. The average Bonchev–Trinajstić information content (AvgIpc) is 2.35. The van der Waals surface area contributed by atoms with Crippen molar-refractivity contribution in [3.05, 3.63) is 23.9 Å². The van der Waals surface area contributed by atoms with Crippen molar-refractivity contribution >= 4 is 17.7 Å². The Kier molecular flexibility index (Phi) is 4.65. The molecular formula is C12H17N3O3. The Balaban J connectivity index is 2.91. The van der Waals surface area contributed by atoms with Gasteiger partial charge < -0.3 is 15.7 Å². The van der Waals surface area contributed by atoms with E-state index >= 15 is 0 Å². The van der Waals surface area contributed by atoms with Crippen molar-refractivity contribution in [3.8, 4) is 0 Å². The van der Waals surface area contributed by atoms with Crippen molar-refractivity contribution in [2.45, 2.75) is 13.8 Å². The molecule has 18 heavy (non-hydrogen) atoms. The number of nitrogens with zero attached hydrogens (tertiary/aromatic N) is 2. The van der Waals surface area contributed by atoms with Crippen molar-refractivity contribution < 1.29 is 14.7 Å². The maximum atomic E-state index is 11.1. The van der Waals surface area contributed by atoms with Crippen LogP contribution in [0, 0.1) is 5.92 Å². The molecular weight excluding hydrogens is 234 g/mol. The number of carboxylic acids is 1. The van der Waals surface area contributed by atoms with E-state index in [0.29, 0.717) is 24.5 Å². The van der Waals surface area contributed by atoms with Crippen molar-refractivity contribution in [2.24, 2.45) is 11.7 Å². The van der Waals surface area contributed by atoms with Crippen molar-refractivity contribution in [2.75, 3.05) is 18.0 Å². The van der Waals surface area contributed by atoms with Gasteiger partial charge in [-0.3, -0.25) is 9.59 Å². The van der Waals surface area contributed by atoms with Gasteiger partial charge in [-0.2, -0.15) is 0 Å². The molecule has 0 saturated carbocycles. The van der Waals surface area contributed by atoms with Gasteiger partial charge in [0.25, 0.3) is 0 Å². The summed E-state index contributed by atoms with van der Waals surface area (Å²) in [5.74, 6) is -1.34. The molecule has 3 N–H and O–H groups in total. The van der Waals surface area contributed by atoms with Crippen LogP contribution in [0.25, 0.3) is 0 Å². The van der Waals surface area contributed by atoms with Crippen molar-refractivity contribution in [3.63, 3.8) is 0 Å². The molecule has 1 amide bonds. The van der Waals surface area contributed by atoms with E-state index in [1.54, 1.807) is 17.9 Å². The van der Waals surface area contributed by atoms with Gasteiger partial charge in [-0.15, -0.1) is 0 Å². The van der Waals surface area contributed by atoms with E-state index in [9.17, 15) is 9.59 Å². The highest BCUT2D eigenvalue weighted by Gasteiger charge is 2.16. The molecule has 0 aromatic carbocycles. The molecule has 1 aromatic rings. The Bertz CT molecular complexity index is 448. The number of aromatic nitrogens is 1. The summed E-state index contributed by atoms with van der Waals surface area (Å²) in [6.45, 7) is 4.46. The maximum Gasteiger partial charge on any atom is 0.308 e. The summed E-state index contributed by atoms with van der Waals surface area (Å²) in [4.78, 5) is 27.8. The largest absolute Gasteiger partial charge is 0.481 e. The molecule has 0 bridgehead atoms. The Labute approximate surface area is 105 Å². The summed E-state index contributed by atoms with van der Waals surface area (Å²) in [7, 11) is 0. The van der Waals surface area contributed by atoms with Gasteiger partial charge in [0.2, 0.25) is 5.91 Å². The second kappa shape index (κ2) is 6.00. The third-order valence-corrected chi connectivity index (χ3v) is 2.65. The van der Waals surface area contributed by atoms with Gasteiger partial charge in [0.1, 0.15) is 5.82 Å². The SMILES string of the molecule is CCN(CC(C)C(=O)O)c1cc(C(N)=O)ccn1. The van der Waals surface area contributed by atoms with Gasteiger partial charge in [-0.05, 0) is 19.1 Å². The molecule has 98 valence electrons. The van der Waals surface area contributed by atoms with Crippen LogP contribution in [0.1, 0.15) is 24.2 Å². The summed E-state index contributed by atoms with van der Waals surface area (Å²) >= 11 is 0. The van der Waals surface area contributed by atoms with Crippen LogP contribution in [-0.2, 0) is 4.79 Å². The molecule has 0 aliphatic carbocycles. The molecule has 1 unspecified atom stereocenters. The Morgan fingerprint density at radius 3 is 2.72 bits per heavy atom. The van der Waals surface area contributed by atoms with E-state index in [-0.39, 0.29) is 0 Å². The van der Waals surface area contributed by atoms with Gasteiger partial charge in [-0.1, -0.05) is 6.92 Å². The normalized spacial score (nSPS) is 11.9. The van der Waals surface area contributed by atoms with Crippen molar-refractivity contribution in [1.29, 1.82) is 0 Å². The van der Waals surface area contributed by atoms with Crippen LogP contribution in [-0.4, -0.2) is 35.1 Å². The fourth-order valence-corrected chi connectivity index (χ4v) is 1.54. The lowest BCUT2D eigenvalue weighted by Crippen LogP contribution is -2.32. The highest BCUT2D eigenvalue weighted by atomic mass is 16.4. The monoisotopic (exact) mass is 251 g/mol.